The Morgan fingerprint density at radius 2 is 2.17 bits per heavy atom. The van der Waals surface area contributed by atoms with Gasteiger partial charge in [0.05, 0.1) is 5.56 Å². The second-order valence-electron chi connectivity index (χ2n) is 4.81. The van der Waals surface area contributed by atoms with Crippen LogP contribution in [0.15, 0.2) is 18.3 Å². The molecule has 98 valence electrons. The highest BCUT2D eigenvalue weighted by molar-refractivity contribution is 5.93. The van der Waals surface area contributed by atoms with E-state index in [1.165, 1.54) is 0 Å². The third-order valence-corrected chi connectivity index (χ3v) is 3.43. The molecule has 0 saturated carbocycles. The third-order valence-electron chi connectivity index (χ3n) is 3.43. The van der Waals surface area contributed by atoms with Crippen LogP contribution in [0.25, 0.3) is 0 Å². The Bertz CT molecular complexity index is 394. The predicted octanol–water partition coefficient (Wildman–Crippen LogP) is 1.60. The third kappa shape index (κ3) is 3.07. The Morgan fingerprint density at radius 3 is 2.72 bits per heavy atom. The van der Waals surface area contributed by atoms with Crippen LogP contribution in [0.1, 0.15) is 35.8 Å². The lowest BCUT2D eigenvalue weighted by Crippen LogP contribution is -2.44. The number of aromatic nitrogens is 1. The molecule has 4 heteroatoms. The van der Waals surface area contributed by atoms with Crippen LogP contribution in [0, 0.1) is 6.92 Å². The molecule has 0 radical (unpaired) electrons. The van der Waals surface area contributed by atoms with Gasteiger partial charge < -0.3 is 10.2 Å². The van der Waals surface area contributed by atoms with Crippen molar-refractivity contribution in [2.45, 2.75) is 32.7 Å². The van der Waals surface area contributed by atoms with Gasteiger partial charge in [-0.3, -0.25) is 9.78 Å². The fourth-order valence-corrected chi connectivity index (χ4v) is 2.35. The summed E-state index contributed by atoms with van der Waals surface area (Å²) in [6.45, 7) is 6.72. The summed E-state index contributed by atoms with van der Waals surface area (Å²) in [5, 5.41) is 3.44. The number of rotatable bonds is 3. The number of carbonyl (C=O) groups is 1. The fraction of sp³-hybridized carbons (Fsp3) is 0.571. The summed E-state index contributed by atoms with van der Waals surface area (Å²) in [4.78, 5) is 18.4. The van der Waals surface area contributed by atoms with E-state index < -0.39 is 0 Å². The molecule has 1 aromatic heterocycles. The molecule has 1 aliphatic rings. The average molecular weight is 247 g/mol. The Kier molecular flexibility index (Phi) is 4.31. The molecule has 1 aliphatic heterocycles. The van der Waals surface area contributed by atoms with Gasteiger partial charge in [0, 0.05) is 31.0 Å². The van der Waals surface area contributed by atoms with Crippen LogP contribution in [0.4, 0.5) is 0 Å². The molecule has 1 fully saturated rings. The zero-order valence-corrected chi connectivity index (χ0v) is 11.1. The van der Waals surface area contributed by atoms with Crippen molar-refractivity contribution in [2.24, 2.45) is 0 Å². The molecule has 0 aromatic carbocycles. The maximum atomic E-state index is 12.2. The first kappa shape index (κ1) is 13.0. The lowest BCUT2D eigenvalue weighted by Gasteiger charge is -2.32. The van der Waals surface area contributed by atoms with Crippen LogP contribution in [-0.2, 0) is 0 Å². The van der Waals surface area contributed by atoms with Gasteiger partial charge in [-0.05, 0) is 38.4 Å². The van der Waals surface area contributed by atoms with E-state index in [4.69, 9.17) is 0 Å². The SMILES string of the molecule is CCNC1CCN(C(=O)c2ccc(C)nc2)CC1. The van der Waals surface area contributed by atoms with Crippen molar-refractivity contribution in [1.29, 1.82) is 0 Å². The van der Waals surface area contributed by atoms with E-state index in [-0.39, 0.29) is 5.91 Å². The zero-order chi connectivity index (χ0) is 13.0. The van der Waals surface area contributed by atoms with E-state index in [1.807, 2.05) is 24.0 Å². The highest BCUT2D eigenvalue weighted by Crippen LogP contribution is 2.13. The molecule has 0 aliphatic carbocycles. The van der Waals surface area contributed by atoms with E-state index >= 15 is 0 Å². The molecule has 1 saturated heterocycles. The van der Waals surface area contributed by atoms with Crippen molar-refractivity contribution in [3.63, 3.8) is 0 Å². The minimum atomic E-state index is 0.109. The van der Waals surface area contributed by atoms with Gasteiger partial charge in [-0.1, -0.05) is 6.92 Å². The first-order valence-corrected chi connectivity index (χ1v) is 6.66. The van der Waals surface area contributed by atoms with Crippen molar-refractivity contribution in [2.75, 3.05) is 19.6 Å². The Morgan fingerprint density at radius 1 is 1.44 bits per heavy atom. The number of amides is 1. The van der Waals surface area contributed by atoms with Crippen LogP contribution in [0.5, 0.6) is 0 Å². The summed E-state index contributed by atoms with van der Waals surface area (Å²) in [7, 11) is 0. The number of hydrogen-bond acceptors (Lipinski definition) is 3. The van der Waals surface area contributed by atoms with Crippen LogP contribution >= 0.6 is 0 Å². The van der Waals surface area contributed by atoms with Crippen LogP contribution in [0.2, 0.25) is 0 Å². The number of nitrogens with one attached hydrogen (secondary N) is 1. The minimum absolute atomic E-state index is 0.109. The molecule has 0 spiro atoms. The molecule has 1 amide bonds. The van der Waals surface area contributed by atoms with Crippen molar-refractivity contribution in [1.82, 2.24) is 15.2 Å². The van der Waals surface area contributed by atoms with Crippen LogP contribution in [0.3, 0.4) is 0 Å². The standard InChI is InChI=1S/C14H21N3O/c1-3-15-13-6-8-17(9-7-13)14(18)12-5-4-11(2)16-10-12/h4-5,10,13,15H,3,6-9H2,1-2H3. The monoisotopic (exact) mass is 247 g/mol. The summed E-state index contributed by atoms with van der Waals surface area (Å²) < 4.78 is 0. The lowest BCUT2D eigenvalue weighted by molar-refractivity contribution is 0.0705. The molecular formula is C14H21N3O. The van der Waals surface area contributed by atoms with Crippen LogP contribution in [-0.4, -0.2) is 41.5 Å². The number of hydrogen-bond donors (Lipinski definition) is 1. The van der Waals surface area contributed by atoms with E-state index in [0.29, 0.717) is 11.6 Å². The van der Waals surface area contributed by atoms with E-state index in [0.717, 1.165) is 38.2 Å². The summed E-state index contributed by atoms with van der Waals surface area (Å²) in [6.07, 6.45) is 3.76. The van der Waals surface area contributed by atoms with Gasteiger partial charge in [0.2, 0.25) is 0 Å². The van der Waals surface area contributed by atoms with Crippen LogP contribution < -0.4 is 5.32 Å². The Labute approximate surface area is 108 Å². The highest BCUT2D eigenvalue weighted by atomic mass is 16.2. The fourth-order valence-electron chi connectivity index (χ4n) is 2.35. The second-order valence-corrected chi connectivity index (χ2v) is 4.81. The summed E-state index contributed by atoms with van der Waals surface area (Å²) in [6, 6.07) is 4.31. The largest absolute Gasteiger partial charge is 0.338 e. The maximum Gasteiger partial charge on any atom is 0.255 e. The topological polar surface area (TPSA) is 45.2 Å². The van der Waals surface area contributed by atoms with Gasteiger partial charge in [-0.2, -0.15) is 0 Å². The van der Waals surface area contributed by atoms with Crippen molar-refractivity contribution in [3.8, 4) is 0 Å². The predicted molar refractivity (Wildman–Crippen MR) is 71.6 cm³/mol. The number of likely N-dealkylation sites (tertiary alicyclic amines) is 1. The second kappa shape index (κ2) is 5.96. The highest BCUT2D eigenvalue weighted by Gasteiger charge is 2.22. The number of piperidine rings is 1. The Hall–Kier alpha value is -1.42. The first-order chi connectivity index (χ1) is 8.70. The molecule has 2 heterocycles. The molecule has 0 unspecified atom stereocenters. The average Bonchev–Trinajstić information content (AvgIpc) is 2.40. The quantitative estimate of drug-likeness (QED) is 0.882. The van der Waals surface area contributed by atoms with Gasteiger partial charge in [0.25, 0.3) is 5.91 Å². The van der Waals surface area contributed by atoms with Gasteiger partial charge in [-0.15, -0.1) is 0 Å². The first-order valence-electron chi connectivity index (χ1n) is 6.66. The lowest BCUT2D eigenvalue weighted by atomic mass is 10.0. The number of pyridine rings is 1. The summed E-state index contributed by atoms with van der Waals surface area (Å²) in [5.74, 6) is 0.109. The molecule has 1 aromatic rings. The van der Waals surface area contributed by atoms with E-state index in [2.05, 4.69) is 17.2 Å². The summed E-state index contributed by atoms with van der Waals surface area (Å²) in [5.41, 5.74) is 1.64. The number of nitrogens with zero attached hydrogens (tertiary/aromatic N) is 2. The summed E-state index contributed by atoms with van der Waals surface area (Å²) >= 11 is 0. The Balaban J connectivity index is 1.93. The van der Waals surface area contributed by atoms with Gasteiger partial charge in [0.1, 0.15) is 0 Å². The zero-order valence-electron chi connectivity index (χ0n) is 11.1. The van der Waals surface area contributed by atoms with Crippen molar-refractivity contribution in [3.05, 3.63) is 29.6 Å². The van der Waals surface area contributed by atoms with Gasteiger partial charge >= 0.3 is 0 Å². The van der Waals surface area contributed by atoms with Gasteiger partial charge in [-0.25, -0.2) is 0 Å². The van der Waals surface area contributed by atoms with Gasteiger partial charge in [0.15, 0.2) is 0 Å². The smallest absolute Gasteiger partial charge is 0.255 e. The molecule has 4 nitrogen and oxygen atoms in total. The van der Waals surface area contributed by atoms with E-state index in [9.17, 15) is 4.79 Å². The van der Waals surface area contributed by atoms with Crippen molar-refractivity contribution >= 4 is 5.91 Å². The number of aryl methyl sites for hydroxylation is 1. The minimum Gasteiger partial charge on any atom is -0.338 e. The molecule has 2 rings (SSSR count). The molecule has 0 bridgehead atoms. The molecule has 1 N–H and O–H groups in total. The maximum absolute atomic E-state index is 12.2. The molecule has 18 heavy (non-hydrogen) atoms. The van der Waals surface area contributed by atoms with E-state index in [1.54, 1.807) is 6.20 Å². The number of carbonyl (C=O) groups excluding carboxylic acids is 1. The normalized spacial score (nSPS) is 16.9. The molecule has 0 atom stereocenters. The molecular weight excluding hydrogens is 226 g/mol. The van der Waals surface area contributed by atoms with Crippen molar-refractivity contribution < 1.29 is 4.79 Å².